The van der Waals surface area contributed by atoms with Crippen molar-refractivity contribution in [2.24, 2.45) is 0 Å². The number of aryl methyl sites for hydroxylation is 1. The third-order valence-electron chi connectivity index (χ3n) is 3.87. The van der Waals surface area contributed by atoms with Gasteiger partial charge in [0.2, 0.25) is 11.9 Å². The molecule has 0 unspecified atom stereocenters. The smallest absolute Gasteiger partial charge is 0.285 e. The van der Waals surface area contributed by atoms with Crippen molar-refractivity contribution in [2.45, 2.75) is 46.1 Å². The summed E-state index contributed by atoms with van der Waals surface area (Å²) in [6, 6.07) is 3.73. The average molecular weight is 371 g/mol. The van der Waals surface area contributed by atoms with Crippen molar-refractivity contribution in [3.63, 3.8) is 0 Å². The minimum absolute atomic E-state index is 0.147. The van der Waals surface area contributed by atoms with Crippen LogP contribution in [0.15, 0.2) is 29.3 Å². The zero-order valence-corrected chi connectivity index (χ0v) is 15.8. The van der Waals surface area contributed by atoms with Crippen LogP contribution < -0.4 is 10.9 Å². The number of carbonyl (C=O) groups excluding carboxylic acids is 1. The second-order valence-electron chi connectivity index (χ2n) is 6.33. The molecule has 136 valence electrons. The number of thiophene rings is 1. The van der Waals surface area contributed by atoms with Crippen LogP contribution in [0.5, 0.6) is 0 Å². The molecule has 0 atom stereocenters. The number of aromatic nitrogens is 4. The van der Waals surface area contributed by atoms with Crippen LogP contribution in [0.1, 0.15) is 43.7 Å². The van der Waals surface area contributed by atoms with Gasteiger partial charge in [0.15, 0.2) is 0 Å². The van der Waals surface area contributed by atoms with Crippen molar-refractivity contribution in [3.8, 4) is 0 Å². The number of carbonyl (C=O) groups is 1. The minimum atomic E-state index is -0.384. The third kappa shape index (κ3) is 3.80. The Bertz CT molecular complexity index is 978. The number of anilines is 1. The molecule has 3 heterocycles. The van der Waals surface area contributed by atoms with Gasteiger partial charge in [-0.1, -0.05) is 27.2 Å². The predicted molar refractivity (Wildman–Crippen MR) is 103 cm³/mol. The molecule has 26 heavy (non-hydrogen) atoms. The van der Waals surface area contributed by atoms with Gasteiger partial charge in [-0.25, -0.2) is 14.6 Å². The van der Waals surface area contributed by atoms with E-state index in [1.807, 2.05) is 13.8 Å². The first-order valence-electron chi connectivity index (χ1n) is 8.60. The summed E-state index contributed by atoms with van der Waals surface area (Å²) in [5.74, 6) is -0.0313. The van der Waals surface area contributed by atoms with Crippen LogP contribution in [0.2, 0.25) is 0 Å². The number of rotatable bonds is 6. The van der Waals surface area contributed by atoms with Crippen LogP contribution in [-0.2, 0) is 17.8 Å². The lowest BCUT2D eigenvalue weighted by Gasteiger charge is -2.11. The number of nitrogens with zero attached hydrogens (tertiary/aromatic N) is 4. The zero-order chi connectivity index (χ0) is 18.7. The quantitative estimate of drug-likeness (QED) is 0.719. The molecule has 7 nitrogen and oxygen atoms in total. The van der Waals surface area contributed by atoms with Gasteiger partial charge >= 0.3 is 0 Å². The maximum atomic E-state index is 12.8. The van der Waals surface area contributed by atoms with Crippen molar-refractivity contribution in [1.29, 1.82) is 0 Å². The van der Waals surface area contributed by atoms with Crippen molar-refractivity contribution >= 4 is 33.3 Å². The van der Waals surface area contributed by atoms with E-state index in [4.69, 9.17) is 0 Å². The van der Waals surface area contributed by atoms with Crippen LogP contribution in [0, 0.1) is 0 Å². The van der Waals surface area contributed by atoms with E-state index < -0.39 is 0 Å². The molecule has 0 fully saturated rings. The molecule has 8 heteroatoms. The van der Waals surface area contributed by atoms with Crippen molar-refractivity contribution in [3.05, 3.63) is 45.5 Å². The molecule has 0 aliphatic rings. The SMILES string of the molecule is CCCc1cc2c(C(C)C)nn(CC(=O)Nc3ncccn3)c(=O)c2s1. The van der Waals surface area contributed by atoms with Gasteiger partial charge in [-0.3, -0.25) is 14.9 Å². The summed E-state index contributed by atoms with van der Waals surface area (Å²) in [5, 5.41) is 7.95. The summed E-state index contributed by atoms with van der Waals surface area (Å²) in [6.07, 6.45) is 5.03. The highest BCUT2D eigenvalue weighted by molar-refractivity contribution is 7.19. The Hall–Kier alpha value is -2.61. The van der Waals surface area contributed by atoms with Gasteiger partial charge in [0.25, 0.3) is 5.56 Å². The number of hydrogen-bond donors (Lipinski definition) is 1. The second kappa shape index (κ2) is 7.74. The fraction of sp³-hybridized carbons (Fsp3) is 0.389. The lowest BCUT2D eigenvalue weighted by atomic mass is 10.1. The van der Waals surface area contributed by atoms with Gasteiger partial charge in [-0.15, -0.1) is 11.3 Å². The monoisotopic (exact) mass is 371 g/mol. The van der Waals surface area contributed by atoms with E-state index in [2.05, 4.69) is 33.4 Å². The van der Waals surface area contributed by atoms with Crippen molar-refractivity contribution in [2.75, 3.05) is 5.32 Å². The molecule has 1 amide bonds. The minimum Gasteiger partial charge on any atom is -0.293 e. The van der Waals surface area contributed by atoms with Crippen LogP contribution in [0.3, 0.4) is 0 Å². The van der Waals surface area contributed by atoms with Gasteiger partial charge in [-0.2, -0.15) is 5.10 Å². The Kier molecular flexibility index (Phi) is 5.41. The topological polar surface area (TPSA) is 89.8 Å². The van der Waals surface area contributed by atoms with Crippen LogP contribution in [-0.4, -0.2) is 25.7 Å². The second-order valence-corrected chi connectivity index (χ2v) is 7.47. The molecule has 0 bridgehead atoms. The van der Waals surface area contributed by atoms with Gasteiger partial charge in [0.05, 0.1) is 5.69 Å². The first-order valence-corrected chi connectivity index (χ1v) is 9.41. The summed E-state index contributed by atoms with van der Waals surface area (Å²) < 4.78 is 1.90. The zero-order valence-electron chi connectivity index (χ0n) is 15.0. The normalized spacial score (nSPS) is 11.2. The molecule has 3 aromatic rings. The standard InChI is InChI=1S/C18H21N5O2S/c1-4-6-12-9-13-15(11(2)3)22-23(17(25)16(13)26-12)10-14(24)21-18-19-7-5-8-20-18/h5,7-9,11H,4,6,10H2,1-3H3,(H,19,20,21,24). The first kappa shape index (κ1) is 18.2. The summed E-state index contributed by atoms with van der Waals surface area (Å²) >= 11 is 1.50. The number of fused-ring (bicyclic) bond motifs is 1. The molecular formula is C18H21N5O2S. The maximum absolute atomic E-state index is 12.8. The summed E-state index contributed by atoms with van der Waals surface area (Å²) in [5.41, 5.74) is 0.600. The van der Waals surface area contributed by atoms with Crippen LogP contribution in [0.4, 0.5) is 5.95 Å². The maximum Gasteiger partial charge on any atom is 0.285 e. The molecule has 0 aliphatic carbocycles. The van der Waals surface area contributed by atoms with Gasteiger partial charge in [-0.05, 0) is 24.5 Å². The molecule has 0 saturated heterocycles. The molecular weight excluding hydrogens is 350 g/mol. The van der Waals surface area contributed by atoms with E-state index in [0.29, 0.717) is 4.70 Å². The summed E-state index contributed by atoms with van der Waals surface area (Å²) in [7, 11) is 0. The molecule has 1 N–H and O–H groups in total. The highest BCUT2D eigenvalue weighted by Gasteiger charge is 2.18. The van der Waals surface area contributed by atoms with Gasteiger partial charge in [0, 0.05) is 22.7 Å². The highest BCUT2D eigenvalue weighted by atomic mass is 32.1. The number of nitrogens with one attached hydrogen (secondary N) is 1. The van der Waals surface area contributed by atoms with E-state index >= 15 is 0 Å². The Balaban J connectivity index is 1.96. The summed E-state index contributed by atoms with van der Waals surface area (Å²) in [4.78, 5) is 34.2. The van der Waals surface area contributed by atoms with Crippen LogP contribution >= 0.6 is 11.3 Å². The van der Waals surface area contributed by atoms with E-state index in [1.54, 1.807) is 6.07 Å². The third-order valence-corrected chi connectivity index (χ3v) is 5.05. The Labute approximate surface area is 155 Å². The molecule has 0 aliphatic heterocycles. The lowest BCUT2D eigenvalue weighted by molar-refractivity contribution is -0.117. The van der Waals surface area contributed by atoms with Gasteiger partial charge in [0.1, 0.15) is 11.2 Å². The van der Waals surface area contributed by atoms with Crippen LogP contribution in [0.25, 0.3) is 10.1 Å². The van der Waals surface area contributed by atoms with E-state index in [9.17, 15) is 9.59 Å². The molecule has 3 aromatic heterocycles. The molecule has 0 radical (unpaired) electrons. The van der Waals surface area contributed by atoms with E-state index in [1.165, 1.54) is 33.3 Å². The Morgan fingerprint density at radius 3 is 2.69 bits per heavy atom. The highest BCUT2D eigenvalue weighted by Crippen LogP contribution is 2.29. The first-order chi connectivity index (χ1) is 12.5. The Morgan fingerprint density at radius 2 is 2.04 bits per heavy atom. The fourth-order valence-electron chi connectivity index (χ4n) is 2.70. The number of amides is 1. The predicted octanol–water partition coefficient (Wildman–Crippen LogP) is 2.96. The van der Waals surface area contributed by atoms with Gasteiger partial charge < -0.3 is 0 Å². The molecule has 3 rings (SSSR count). The molecule has 0 saturated carbocycles. The summed E-state index contributed by atoms with van der Waals surface area (Å²) in [6.45, 7) is 6.01. The van der Waals surface area contributed by atoms with Crippen molar-refractivity contribution in [1.82, 2.24) is 19.7 Å². The molecule has 0 spiro atoms. The largest absolute Gasteiger partial charge is 0.293 e. The van der Waals surface area contributed by atoms with E-state index in [0.717, 1.165) is 23.9 Å². The molecule has 0 aromatic carbocycles. The van der Waals surface area contributed by atoms with E-state index in [-0.39, 0.29) is 29.9 Å². The number of hydrogen-bond acceptors (Lipinski definition) is 6. The average Bonchev–Trinajstić information content (AvgIpc) is 3.02. The lowest BCUT2D eigenvalue weighted by Crippen LogP contribution is -2.30. The Morgan fingerprint density at radius 1 is 1.31 bits per heavy atom. The van der Waals surface area contributed by atoms with Crippen molar-refractivity contribution < 1.29 is 4.79 Å². The fourth-order valence-corrected chi connectivity index (χ4v) is 3.92.